The SMILES string of the molecule is CCOc1cccc(CNC(=O)N2C[C@@H]3CCC[C@@]3(C(=O)O)C2)c1. The number of ether oxygens (including phenoxy) is 1. The summed E-state index contributed by atoms with van der Waals surface area (Å²) in [6, 6.07) is 7.42. The van der Waals surface area contributed by atoms with E-state index in [0.29, 0.717) is 32.7 Å². The molecule has 1 heterocycles. The number of nitrogens with one attached hydrogen (secondary N) is 1. The Morgan fingerprint density at radius 3 is 3.00 bits per heavy atom. The van der Waals surface area contributed by atoms with Crippen LogP contribution in [0.5, 0.6) is 5.75 Å². The Hall–Kier alpha value is -2.24. The second kappa shape index (κ2) is 6.71. The highest BCUT2D eigenvalue weighted by Crippen LogP contribution is 2.48. The molecule has 2 N–H and O–H groups in total. The third-order valence-corrected chi connectivity index (χ3v) is 5.24. The summed E-state index contributed by atoms with van der Waals surface area (Å²) in [7, 11) is 0. The van der Waals surface area contributed by atoms with Crippen molar-refractivity contribution >= 4 is 12.0 Å². The van der Waals surface area contributed by atoms with Crippen LogP contribution < -0.4 is 10.1 Å². The fourth-order valence-corrected chi connectivity index (χ4v) is 3.99. The van der Waals surface area contributed by atoms with Gasteiger partial charge in [0, 0.05) is 19.6 Å². The van der Waals surface area contributed by atoms with Crippen molar-refractivity contribution in [2.24, 2.45) is 11.3 Å². The molecule has 1 aliphatic carbocycles. The summed E-state index contributed by atoms with van der Waals surface area (Å²) in [5.74, 6) is 0.108. The Morgan fingerprint density at radius 2 is 2.29 bits per heavy atom. The summed E-state index contributed by atoms with van der Waals surface area (Å²) in [6.07, 6.45) is 2.51. The molecule has 2 fully saturated rings. The Bertz CT molecular complexity index is 633. The predicted molar refractivity (Wildman–Crippen MR) is 88.8 cm³/mol. The number of hydrogen-bond acceptors (Lipinski definition) is 3. The van der Waals surface area contributed by atoms with E-state index in [0.717, 1.165) is 24.2 Å². The minimum atomic E-state index is -0.760. The summed E-state index contributed by atoms with van der Waals surface area (Å²) in [4.78, 5) is 25.8. The van der Waals surface area contributed by atoms with Crippen LogP contribution in [0.25, 0.3) is 0 Å². The van der Waals surface area contributed by atoms with E-state index in [2.05, 4.69) is 5.32 Å². The van der Waals surface area contributed by atoms with E-state index >= 15 is 0 Å². The molecule has 1 aromatic rings. The second-order valence-corrected chi connectivity index (χ2v) is 6.67. The van der Waals surface area contributed by atoms with Crippen molar-refractivity contribution in [1.29, 1.82) is 0 Å². The molecule has 1 aromatic carbocycles. The average molecular weight is 332 g/mol. The van der Waals surface area contributed by atoms with Gasteiger partial charge in [-0.1, -0.05) is 18.6 Å². The summed E-state index contributed by atoms with van der Waals surface area (Å²) in [6.45, 7) is 3.79. The van der Waals surface area contributed by atoms with Gasteiger partial charge in [0.25, 0.3) is 0 Å². The zero-order valence-electron chi connectivity index (χ0n) is 14.0. The van der Waals surface area contributed by atoms with Gasteiger partial charge >= 0.3 is 12.0 Å². The molecule has 130 valence electrons. The molecule has 1 aliphatic heterocycles. The summed E-state index contributed by atoms with van der Waals surface area (Å²) >= 11 is 0. The van der Waals surface area contributed by atoms with Gasteiger partial charge in [-0.3, -0.25) is 4.79 Å². The molecule has 2 amide bonds. The molecule has 1 saturated heterocycles. The first kappa shape index (κ1) is 16.6. The number of nitrogens with zero attached hydrogens (tertiary/aromatic N) is 1. The van der Waals surface area contributed by atoms with Crippen LogP contribution in [0.1, 0.15) is 31.7 Å². The fraction of sp³-hybridized carbons (Fsp3) is 0.556. The smallest absolute Gasteiger partial charge is 0.317 e. The lowest BCUT2D eigenvalue weighted by Gasteiger charge is -2.23. The zero-order chi connectivity index (χ0) is 17.2. The number of aliphatic carboxylic acids is 1. The average Bonchev–Trinajstić information content (AvgIpc) is 3.11. The maximum absolute atomic E-state index is 12.4. The van der Waals surface area contributed by atoms with E-state index in [1.807, 2.05) is 31.2 Å². The van der Waals surface area contributed by atoms with Gasteiger partial charge in [0.15, 0.2) is 0 Å². The summed E-state index contributed by atoms with van der Waals surface area (Å²) < 4.78 is 5.45. The van der Waals surface area contributed by atoms with E-state index in [4.69, 9.17) is 4.74 Å². The van der Waals surface area contributed by atoms with Crippen molar-refractivity contribution in [3.8, 4) is 5.75 Å². The first-order valence-electron chi connectivity index (χ1n) is 8.53. The molecular weight excluding hydrogens is 308 g/mol. The second-order valence-electron chi connectivity index (χ2n) is 6.67. The van der Waals surface area contributed by atoms with Gasteiger partial charge in [-0.05, 0) is 43.4 Å². The van der Waals surface area contributed by atoms with Gasteiger partial charge in [0.05, 0.1) is 12.0 Å². The normalized spacial score (nSPS) is 25.4. The van der Waals surface area contributed by atoms with Gasteiger partial charge in [-0.2, -0.15) is 0 Å². The first-order chi connectivity index (χ1) is 11.5. The largest absolute Gasteiger partial charge is 0.494 e. The van der Waals surface area contributed by atoms with E-state index in [1.54, 1.807) is 4.90 Å². The molecule has 0 spiro atoms. The van der Waals surface area contributed by atoms with Crippen molar-refractivity contribution in [2.75, 3.05) is 19.7 Å². The molecule has 2 aliphatic rings. The van der Waals surface area contributed by atoms with Crippen LogP contribution in [0.4, 0.5) is 4.79 Å². The molecule has 1 saturated carbocycles. The molecule has 0 aromatic heterocycles. The number of carbonyl (C=O) groups is 2. The van der Waals surface area contributed by atoms with E-state index in [1.165, 1.54) is 0 Å². The third kappa shape index (κ3) is 3.05. The minimum Gasteiger partial charge on any atom is -0.494 e. The number of carbonyl (C=O) groups excluding carboxylic acids is 1. The fourth-order valence-electron chi connectivity index (χ4n) is 3.99. The highest BCUT2D eigenvalue weighted by molar-refractivity contribution is 5.80. The van der Waals surface area contributed by atoms with E-state index < -0.39 is 11.4 Å². The Labute approximate surface area is 141 Å². The number of fused-ring (bicyclic) bond motifs is 1. The Morgan fingerprint density at radius 1 is 1.46 bits per heavy atom. The Balaban J connectivity index is 1.58. The van der Waals surface area contributed by atoms with Gasteiger partial charge in [0.1, 0.15) is 5.75 Å². The van der Waals surface area contributed by atoms with Crippen LogP contribution in [-0.4, -0.2) is 41.7 Å². The lowest BCUT2D eigenvalue weighted by Crippen LogP contribution is -2.41. The van der Waals surface area contributed by atoms with Gasteiger partial charge in [-0.25, -0.2) is 4.79 Å². The molecule has 6 nitrogen and oxygen atoms in total. The van der Waals surface area contributed by atoms with Crippen molar-refractivity contribution in [1.82, 2.24) is 10.2 Å². The zero-order valence-corrected chi connectivity index (χ0v) is 14.0. The molecule has 2 atom stereocenters. The van der Waals surface area contributed by atoms with E-state index in [9.17, 15) is 14.7 Å². The van der Waals surface area contributed by atoms with Crippen molar-refractivity contribution in [3.63, 3.8) is 0 Å². The standard InChI is InChI=1S/C18H24N2O4/c1-2-24-15-7-3-5-13(9-15)10-19-17(23)20-11-14-6-4-8-18(14,12-20)16(21)22/h3,5,7,9,14H,2,4,6,8,10-12H2,1H3,(H,19,23)(H,21,22)/t14-,18+/m0/s1. The number of hydrogen-bond donors (Lipinski definition) is 2. The lowest BCUT2D eigenvalue weighted by atomic mass is 9.81. The Kier molecular flexibility index (Phi) is 4.64. The number of rotatable bonds is 5. The van der Waals surface area contributed by atoms with Crippen molar-refractivity contribution < 1.29 is 19.4 Å². The molecular formula is C18H24N2O4. The van der Waals surface area contributed by atoms with Crippen molar-refractivity contribution in [2.45, 2.75) is 32.7 Å². The highest BCUT2D eigenvalue weighted by atomic mass is 16.5. The van der Waals surface area contributed by atoms with Crippen LogP contribution in [0.15, 0.2) is 24.3 Å². The van der Waals surface area contributed by atoms with Gasteiger partial charge < -0.3 is 20.1 Å². The van der Waals surface area contributed by atoms with Gasteiger partial charge in [-0.15, -0.1) is 0 Å². The van der Waals surface area contributed by atoms with E-state index in [-0.39, 0.29) is 11.9 Å². The van der Waals surface area contributed by atoms with Crippen LogP contribution in [0, 0.1) is 11.3 Å². The summed E-state index contributed by atoms with van der Waals surface area (Å²) in [5.41, 5.74) is 0.230. The minimum absolute atomic E-state index is 0.0852. The molecule has 24 heavy (non-hydrogen) atoms. The summed E-state index contributed by atoms with van der Waals surface area (Å²) in [5, 5.41) is 12.5. The molecule has 0 bridgehead atoms. The first-order valence-corrected chi connectivity index (χ1v) is 8.53. The predicted octanol–water partition coefficient (Wildman–Crippen LogP) is 2.48. The highest BCUT2D eigenvalue weighted by Gasteiger charge is 2.55. The maximum atomic E-state index is 12.4. The van der Waals surface area contributed by atoms with Crippen molar-refractivity contribution in [3.05, 3.63) is 29.8 Å². The molecule has 3 rings (SSSR count). The number of urea groups is 1. The molecule has 0 unspecified atom stereocenters. The lowest BCUT2D eigenvalue weighted by molar-refractivity contribution is -0.149. The third-order valence-electron chi connectivity index (χ3n) is 5.24. The number of benzene rings is 1. The molecule has 6 heteroatoms. The molecule has 0 radical (unpaired) electrons. The van der Waals surface area contributed by atoms with Crippen LogP contribution in [0.3, 0.4) is 0 Å². The van der Waals surface area contributed by atoms with Crippen LogP contribution in [0.2, 0.25) is 0 Å². The number of amides is 2. The number of carboxylic acids is 1. The van der Waals surface area contributed by atoms with Crippen LogP contribution in [-0.2, 0) is 11.3 Å². The number of likely N-dealkylation sites (tertiary alicyclic amines) is 1. The quantitative estimate of drug-likeness (QED) is 0.868. The van der Waals surface area contributed by atoms with Crippen LogP contribution >= 0.6 is 0 Å². The number of carboxylic acid groups (broad SMARTS) is 1. The topological polar surface area (TPSA) is 78.9 Å². The maximum Gasteiger partial charge on any atom is 0.317 e. The monoisotopic (exact) mass is 332 g/mol. The van der Waals surface area contributed by atoms with Gasteiger partial charge in [0.2, 0.25) is 0 Å².